The summed E-state index contributed by atoms with van der Waals surface area (Å²) in [6.07, 6.45) is 0.505. The van der Waals surface area contributed by atoms with Crippen molar-refractivity contribution in [1.29, 1.82) is 0 Å². The van der Waals surface area contributed by atoms with Crippen LogP contribution in [-0.2, 0) is 0 Å². The molecule has 0 aliphatic heterocycles. The maximum absolute atomic E-state index is 9.67. The minimum Gasteiger partial charge on any atom is -0.493 e. The van der Waals surface area contributed by atoms with Gasteiger partial charge in [-0.05, 0) is 37.6 Å². The van der Waals surface area contributed by atoms with Crippen LogP contribution in [0.2, 0.25) is 5.02 Å². The fourth-order valence-electron chi connectivity index (χ4n) is 1.20. The molecule has 1 atom stereocenters. The van der Waals surface area contributed by atoms with E-state index in [0.717, 1.165) is 16.3 Å². The summed E-state index contributed by atoms with van der Waals surface area (Å²) >= 11 is 5.90. The minimum atomic E-state index is -0.860. The second-order valence-corrected chi connectivity index (χ2v) is 4.62. The molecule has 4 heteroatoms. The van der Waals surface area contributed by atoms with Gasteiger partial charge in [0.25, 0.3) is 0 Å². The van der Waals surface area contributed by atoms with Crippen LogP contribution >= 0.6 is 11.6 Å². The van der Waals surface area contributed by atoms with Gasteiger partial charge < -0.3 is 15.6 Å². The monoisotopic (exact) mass is 243 g/mol. The van der Waals surface area contributed by atoms with Crippen molar-refractivity contribution in [3.8, 4) is 5.75 Å². The Balaban J connectivity index is 2.46. The first-order valence-electron chi connectivity index (χ1n) is 5.26. The van der Waals surface area contributed by atoms with Gasteiger partial charge >= 0.3 is 0 Å². The number of benzene rings is 1. The molecule has 0 radical (unpaired) electrons. The van der Waals surface area contributed by atoms with Crippen LogP contribution in [-0.4, -0.2) is 23.9 Å². The Labute approximate surface area is 101 Å². The number of aryl methyl sites for hydroxylation is 1. The molecule has 1 rings (SSSR count). The van der Waals surface area contributed by atoms with Gasteiger partial charge in [-0.3, -0.25) is 0 Å². The summed E-state index contributed by atoms with van der Waals surface area (Å²) in [4.78, 5) is 0. The van der Waals surface area contributed by atoms with Crippen molar-refractivity contribution in [2.45, 2.75) is 25.9 Å². The summed E-state index contributed by atoms with van der Waals surface area (Å²) in [6.45, 7) is 4.29. The van der Waals surface area contributed by atoms with E-state index in [1.165, 1.54) is 0 Å². The predicted molar refractivity (Wildman–Crippen MR) is 66.0 cm³/mol. The number of aliphatic hydroxyl groups is 1. The van der Waals surface area contributed by atoms with Gasteiger partial charge in [0.05, 0.1) is 12.2 Å². The maximum atomic E-state index is 9.67. The second kappa shape index (κ2) is 5.53. The smallest absolute Gasteiger partial charge is 0.119 e. The molecule has 1 aromatic carbocycles. The molecule has 0 bridgehead atoms. The Morgan fingerprint density at radius 1 is 1.50 bits per heavy atom. The fraction of sp³-hybridized carbons (Fsp3) is 0.500. The lowest BCUT2D eigenvalue weighted by molar-refractivity contribution is 0.0453. The normalized spacial score (nSPS) is 14.6. The van der Waals surface area contributed by atoms with Crippen molar-refractivity contribution < 1.29 is 9.84 Å². The average Bonchev–Trinajstić information content (AvgIpc) is 2.23. The predicted octanol–water partition coefficient (Wildman–Crippen LogP) is 2.13. The van der Waals surface area contributed by atoms with E-state index in [9.17, 15) is 5.11 Å². The fourth-order valence-corrected chi connectivity index (χ4v) is 1.32. The number of rotatable bonds is 5. The second-order valence-electron chi connectivity index (χ2n) is 4.21. The van der Waals surface area contributed by atoms with E-state index >= 15 is 0 Å². The molecular weight excluding hydrogens is 226 g/mol. The van der Waals surface area contributed by atoms with Crippen LogP contribution in [0.25, 0.3) is 0 Å². The topological polar surface area (TPSA) is 55.5 Å². The van der Waals surface area contributed by atoms with Gasteiger partial charge in [-0.1, -0.05) is 11.6 Å². The number of hydrogen-bond donors (Lipinski definition) is 2. The molecule has 0 amide bonds. The Morgan fingerprint density at radius 2 is 2.19 bits per heavy atom. The summed E-state index contributed by atoms with van der Waals surface area (Å²) in [7, 11) is 0. The molecule has 1 unspecified atom stereocenters. The van der Waals surface area contributed by atoms with E-state index in [1.54, 1.807) is 13.0 Å². The summed E-state index contributed by atoms with van der Waals surface area (Å²) in [6, 6.07) is 5.49. The van der Waals surface area contributed by atoms with E-state index in [1.807, 2.05) is 19.1 Å². The summed E-state index contributed by atoms with van der Waals surface area (Å²) in [5.74, 6) is 0.759. The van der Waals surface area contributed by atoms with Crippen LogP contribution in [0, 0.1) is 6.92 Å². The standard InChI is InChI=1S/C12H18ClNO2/c1-9-7-10(3-4-11(9)13)16-6-5-12(2,15)8-14/h3-4,7,15H,5-6,8,14H2,1-2H3. The molecule has 16 heavy (non-hydrogen) atoms. The SMILES string of the molecule is Cc1cc(OCCC(C)(O)CN)ccc1Cl. The highest BCUT2D eigenvalue weighted by atomic mass is 35.5. The Bertz CT molecular complexity index is 353. The summed E-state index contributed by atoms with van der Waals surface area (Å²) < 4.78 is 5.51. The van der Waals surface area contributed by atoms with Crippen molar-refractivity contribution >= 4 is 11.6 Å². The van der Waals surface area contributed by atoms with Crippen LogP contribution in [0.5, 0.6) is 5.75 Å². The van der Waals surface area contributed by atoms with E-state index in [4.69, 9.17) is 22.1 Å². The first kappa shape index (κ1) is 13.3. The highest BCUT2D eigenvalue weighted by Crippen LogP contribution is 2.21. The largest absolute Gasteiger partial charge is 0.493 e. The molecule has 0 aliphatic rings. The van der Waals surface area contributed by atoms with E-state index in [2.05, 4.69) is 0 Å². The zero-order valence-electron chi connectivity index (χ0n) is 9.66. The highest BCUT2D eigenvalue weighted by molar-refractivity contribution is 6.31. The molecule has 90 valence electrons. The van der Waals surface area contributed by atoms with Gasteiger partial charge in [0, 0.05) is 18.0 Å². The number of ether oxygens (including phenoxy) is 1. The van der Waals surface area contributed by atoms with E-state index in [-0.39, 0.29) is 6.54 Å². The Kier molecular flexibility index (Phi) is 4.59. The lowest BCUT2D eigenvalue weighted by Crippen LogP contribution is -2.35. The number of hydrogen-bond acceptors (Lipinski definition) is 3. The van der Waals surface area contributed by atoms with Gasteiger partial charge in [0.2, 0.25) is 0 Å². The van der Waals surface area contributed by atoms with Crippen LogP contribution in [0.15, 0.2) is 18.2 Å². The molecule has 0 saturated carbocycles. The van der Waals surface area contributed by atoms with Crippen molar-refractivity contribution in [3.05, 3.63) is 28.8 Å². The third kappa shape index (κ3) is 4.00. The molecule has 3 N–H and O–H groups in total. The van der Waals surface area contributed by atoms with Crippen LogP contribution in [0.4, 0.5) is 0 Å². The minimum absolute atomic E-state index is 0.232. The van der Waals surface area contributed by atoms with Gasteiger partial charge in [0.15, 0.2) is 0 Å². The number of halogens is 1. The zero-order valence-corrected chi connectivity index (χ0v) is 10.4. The summed E-state index contributed by atoms with van der Waals surface area (Å²) in [5, 5.41) is 10.4. The van der Waals surface area contributed by atoms with Crippen LogP contribution in [0.3, 0.4) is 0 Å². The quantitative estimate of drug-likeness (QED) is 0.833. The van der Waals surface area contributed by atoms with Gasteiger partial charge in [0.1, 0.15) is 5.75 Å². The molecule has 0 spiro atoms. The molecule has 0 heterocycles. The van der Waals surface area contributed by atoms with E-state index < -0.39 is 5.60 Å². The molecule has 0 aliphatic carbocycles. The molecule has 1 aromatic rings. The van der Waals surface area contributed by atoms with Crippen LogP contribution < -0.4 is 10.5 Å². The molecule has 0 fully saturated rings. The van der Waals surface area contributed by atoms with Crippen molar-refractivity contribution in [2.24, 2.45) is 5.73 Å². The van der Waals surface area contributed by atoms with Gasteiger partial charge in [-0.15, -0.1) is 0 Å². The molecule has 0 aromatic heterocycles. The van der Waals surface area contributed by atoms with Gasteiger partial charge in [-0.2, -0.15) is 0 Å². The Morgan fingerprint density at radius 3 is 2.75 bits per heavy atom. The highest BCUT2D eigenvalue weighted by Gasteiger charge is 2.17. The lowest BCUT2D eigenvalue weighted by Gasteiger charge is -2.20. The number of nitrogens with two attached hydrogens (primary N) is 1. The molecular formula is C12H18ClNO2. The lowest BCUT2D eigenvalue weighted by atomic mass is 10.0. The first-order valence-corrected chi connectivity index (χ1v) is 5.64. The van der Waals surface area contributed by atoms with Crippen LogP contribution in [0.1, 0.15) is 18.9 Å². The zero-order chi connectivity index (χ0) is 12.2. The third-order valence-corrected chi connectivity index (χ3v) is 2.90. The molecule has 3 nitrogen and oxygen atoms in total. The van der Waals surface area contributed by atoms with E-state index in [0.29, 0.717) is 13.0 Å². The third-order valence-electron chi connectivity index (χ3n) is 2.48. The van der Waals surface area contributed by atoms with Crippen molar-refractivity contribution in [3.63, 3.8) is 0 Å². The van der Waals surface area contributed by atoms with Crippen molar-refractivity contribution in [1.82, 2.24) is 0 Å². The Hall–Kier alpha value is -0.770. The first-order chi connectivity index (χ1) is 7.44. The van der Waals surface area contributed by atoms with Crippen molar-refractivity contribution in [2.75, 3.05) is 13.2 Å². The molecule has 0 saturated heterocycles. The van der Waals surface area contributed by atoms with Gasteiger partial charge in [-0.25, -0.2) is 0 Å². The average molecular weight is 244 g/mol. The summed E-state index contributed by atoms with van der Waals surface area (Å²) in [5.41, 5.74) is 5.52. The maximum Gasteiger partial charge on any atom is 0.119 e.